The molecule has 0 saturated heterocycles. The van der Waals surface area contributed by atoms with Crippen LogP contribution in [0.5, 0.6) is 0 Å². The van der Waals surface area contributed by atoms with Gasteiger partial charge in [-0.1, -0.05) is 75.2 Å². The monoisotopic (exact) mass is 226 g/mol. The molecular weight excluding hydrogens is 192 g/mol. The molecule has 0 rings (SSSR count). The molecule has 0 nitrogen and oxygen atoms in total. The summed E-state index contributed by atoms with van der Waals surface area (Å²) in [5, 5.41) is 0. The lowest BCUT2D eigenvalue weighted by Crippen LogP contribution is -2.40. The van der Waals surface area contributed by atoms with Gasteiger partial charge in [0.05, 0.1) is 0 Å². The predicted octanol–water partition coefficient (Wildman–Crippen LogP) is 5.77. The minimum absolute atomic E-state index is 0.426. The van der Waals surface area contributed by atoms with Gasteiger partial charge >= 0.3 is 0 Å². The summed E-state index contributed by atoms with van der Waals surface area (Å²) >= 11 is 0. The maximum Gasteiger partial charge on any atom is -0.0295 e. The smallest absolute Gasteiger partial charge is 0.0295 e. The van der Waals surface area contributed by atoms with Crippen molar-refractivity contribution in [3.63, 3.8) is 0 Å². The van der Waals surface area contributed by atoms with Gasteiger partial charge in [-0.25, -0.2) is 0 Å². The fourth-order valence-corrected chi connectivity index (χ4v) is 2.79. The minimum Gasteiger partial charge on any atom is -0.0651 e. The molecule has 0 bridgehead atoms. The van der Waals surface area contributed by atoms with Crippen molar-refractivity contribution in [1.29, 1.82) is 0 Å². The molecule has 0 aromatic heterocycles. The molecule has 3 atom stereocenters. The van der Waals surface area contributed by atoms with Crippen LogP contribution in [0.3, 0.4) is 0 Å². The molecule has 0 spiro atoms. The van der Waals surface area contributed by atoms with Crippen molar-refractivity contribution in [2.24, 2.45) is 28.6 Å². The van der Waals surface area contributed by atoms with E-state index in [4.69, 9.17) is 0 Å². The van der Waals surface area contributed by atoms with E-state index in [0.29, 0.717) is 10.8 Å². The molecule has 0 aromatic carbocycles. The van der Waals surface area contributed by atoms with Gasteiger partial charge in [0.25, 0.3) is 0 Å². The molecule has 0 fully saturated rings. The van der Waals surface area contributed by atoms with Gasteiger partial charge in [0.2, 0.25) is 0 Å². The molecule has 0 saturated carbocycles. The van der Waals surface area contributed by atoms with Crippen LogP contribution in [0.25, 0.3) is 0 Å². The summed E-state index contributed by atoms with van der Waals surface area (Å²) < 4.78 is 0. The van der Waals surface area contributed by atoms with Gasteiger partial charge in [0.1, 0.15) is 0 Å². The van der Waals surface area contributed by atoms with Crippen LogP contribution < -0.4 is 0 Å². The normalized spacial score (nSPS) is 19.3. The van der Waals surface area contributed by atoms with Crippen molar-refractivity contribution in [2.75, 3.05) is 0 Å². The van der Waals surface area contributed by atoms with Crippen LogP contribution in [-0.4, -0.2) is 0 Å². The van der Waals surface area contributed by atoms with Gasteiger partial charge in [-0.05, 0) is 28.6 Å². The van der Waals surface area contributed by atoms with Gasteiger partial charge in [0, 0.05) is 0 Å². The highest BCUT2D eigenvalue weighted by atomic mass is 14.5. The molecule has 0 aromatic rings. The number of hydrogen-bond donors (Lipinski definition) is 0. The minimum atomic E-state index is 0.426. The molecule has 0 aliphatic carbocycles. The molecule has 16 heavy (non-hydrogen) atoms. The van der Waals surface area contributed by atoms with Crippen LogP contribution in [0.15, 0.2) is 0 Å². The summed E-state index contributed by atoms with van der Waals surface area (Å²) in [6.07, 6.45) is 2.56. The molecular formula is C16H34. The van der Waals surface area contributed by atoms with Crippen molar-refractivity contribution >= 4 is 0 Å². The second-order valence-electron chi connectivity index (χ2n) is 7.06. The molecule has 98 valence electrons. The Kier molecular flexibility index (Phi) is 5.56. The van der Waals surface area contributed by atoms with Crippen molar-refractivity contribution in [3.8, 4) is 0 Å². The van der Waals surface area contributed by atoms with E-state index in [0.717, 1.165) is 17.8 Å². The van der Waals surface area contributed by atoms with Crippen LogP contribution in [0.1, 0.15) is 75.2 Å². The second kappa shape index (κ2) is 5.56. The summed E-state index contributed by atoms with van der Waals surface area (Å²) in [4.78, 5) is 0. The summed E-state index contributed by atoms with van der Waals surface area (Å²) in [7, 11) is 0. The molecule has 0 aliphatic rings. The quantitative estimate of drug-likeness (QED) is 0.539. The first-order chi connectivity index (χ1) is 7.11. The highest BCUT2D eigenvalue weighted by Crippen LogP contribution is 2.48. The van der Waals surface area contributed by atoms with E-state index >= 15 is 0 Å². The lowest BCUT2D eigenvalue weighted by molar-refractivity contribution is 0.0167. The molecule has 0 N–H and O–H groups in total. The summed E-state index contributed by atoms with van der Waals surface area (Å²) in [6.45, 7) is 21.7. The first-order valence-electron chi connectivity index (χ1n) is 7.11. The van der Waals surface area contributed by atoms with Crippen LogP contribution in [0, 0.1) is 28.6 Å². The third-order valence-electron chi connectivity index (χ3n) is 5.87. The highest BCUT2D eigenvalue weighted by Gasteiger charge is 2.40. The van der Waals surface area contributed by atoms with Crippen molar-refractivity contribution in [2.45, 2.75) is 75.2 Å². The zero-order chi connectivity index (χ0) is 13.1. The van der Waals surface area contributed by atoms with Crippen LogP contribution >= 0.6 is 0 Å². The highest BCUT2D eigenvalue weighted by molar-refractivity contribution is 4.89. The summed E-state index contributed by atoms with van der Waals surface area (Å²) in [6, 6.07) is 0. The largest absolute Gasteiger partial charge is 0.0651 e. The van der Waals surface area contributed by atoms with E-state index in [-0.39, 0.29) is 0 Å². The summed E-state index contributed by atoms with van der Waals surface area (Å²) in [5.41, 5.74) is 0.875. The third-order valence-corrected chi connectivity index (χ3v) is 5.87. The van der Waals surface area contributed by atoms with Gasteiger partial charge < -0.3 is 0 Å². The second-order valence-corrected chi connectivity index (χ2v) is 7.06. The standard InChI is InChI=1S/C16H34/c1-10-12(3)13(4)16(8,9)14(5)15(6,7)11-2/h12-14H,10-11H2,1-9H3. The lowest BCUT2D eigenvalue weighted by atomic mass is 9.58. The molecule has 0 aliphatic heterocycles. The van der Waals surface area contributed by atoms with Crippen molar-refractivity contribution in [3.05, 3.63) is 0 Å². The fourth-order valence-electron chi connectivity index (χ4n) is 2.79. The summed E-state index contributed by atoms with van der Waals surface area (Å²) in [5.74, 6) is 2.37. The Bertz CT molecular complexity index is 200. The SMILES string of the molecule is CCC(C)C(C)C(C)(C)C(C)C(C)(C)CC. The van der Waals surface area contributed by atoms with Gasteiger partial charge in [-0.15, -0.1) is 0 Å². The van der Waals surface area contributed by atoms with E-state index in [1.165, 1.54) is 12.8 Å². The fraction of sp³-hybridized carbons (Fsp3) is 1.00. The van der Waals surface area contributed by atoms with E-state index in [1.807, 2.05) is 0 Å². The predicted molar refractivity (Wildman–Crippen MR) is 75.6 cm³/mol. The zero-order valence-corrected chi connectivity index (χ0v) is 13.1. The van der Waals surface area contributed by atoms with Crippen LogP contribution in [0.2, 0.25) is 0 Å². The average Bonchev–Trinajstić information content (AvgIpc) is 2.25. The third kappa shape index (κ3) is 3.25. The first-order valence-corrected chi connectivity index (χ1v) is 7.11. The molecule has 0 radical (unpaired) electrons. The van der Waals surface area contributed by atoms with Crippen LogP contribution in [0.4, 0.5) is 0 Å². The molecule has 0 amide bonds. The lowest BCUT2D eigenvalue weighted by Gasteiger charge is -2.47. The van der Waals surface area contributed by atoms with E-state index < -0.39 is 0 Å². The zero-order valence-electron chi connectivity index (χ0n) is 13.1. The Labute approximate surface area is 104 Å². The Morgan fingerprint density at radius 2 is 1.31 bits per heavy atom. The van der Waals surface area contributed by atoms with Crippen molar-refractivity contribution < 1.29 is 0 Å². The Balaban J connectivity index is 4.90. The number of hydrogen-bond acceptors (Lipinski definition) is 0. The Hall–Kier alpha value is 0. The van der Waals surface area contributed by atoms with E-state index in [1.54, 1.807) is 0 Å². The number of rotatable bonds is 6. The average molecular weight is 226 g/mol. The maximum absolute atomic E-state index is 2.46. The van der Waals surface area contributed by atoms with Crippen molar-refractivity contribution in [1.82, 2.24) is 0 Å². The topological polar surface area (TPSA) is 0 Å². The molecule has 0 heteroatoms. The van der Waals surface area contributed by atoms with Gasteiger partial charge in [-0.3, -0.25) is 0 Å². The van der Waals surface area contributed by atoms with E-state index in [9.17, 15) is 0 Å². The first kappa shape index (κ1) is 16.0. The van der Waals surface area contributed by atoms with Crippen LogP contribution in [-0.2, 0) is 0 Å². The molecule has 3 unspecified atom stereocenters. The maximum atomic E-state index is 2.46. The Morgan fingerprint density at radius 1 is 0.875 bits per heavy atom. The molecule has 0 heterocycles. The van der Waals surface area contributed by atoms with Gasteiger partial charge in [0.15, 0.2) is 0 Å². The van der Waals surface area contributed by atoms with Gasteiger partial charge in [-0.2, -0.15) is 0 Å². The van der Waals surface area contributed by atoms with E-state index in [2.05, 4.69) is 62.3 Å². The Morgan fingerprint density at radius 3 is 1.62 bits per heavy atom.